The third-order valence-corrected chi connectivity index (χ3v) is 4.49. The summed E-state index contributed by atoms with van der Waals surface area (Å²) in [5.41, 5.74) is 0.533. The monoisotopic (exact) mass is 361 g/mol. The van der Waals surface area contributed by atoms with Crippen molar-refractivity contribution in [1.82, 2.24) is 10.2 Å². The van der Waals surface area contributed by atoms with Crippen LogP contribution in [0.15, 0.2) is 24.3 Å². The zero-order valence-corrected chi connectivity index (χ0v) is 13.0. The number of Topliss-reactive ketones (excluding diaryl/α,β-unsaturated/α-hetero) is 1. The molecule has 0 amide bonds. The highest BCUT2D eigenvalue weighted by molar-refractivity contribution is 9.09. The van der Waals surface area contributed by atoms with E-state index in [0.717, 1.165) is 0 Å². The Kier molecular flexibility index (Phi) is 4.74. The Balaban J connectivity index is 2.07. The van der Waals surface area contributed by atoms with Gasteiger partial charge in [-0.2, -0.15) is 0 Å². The van der Waals surface area contributed by atoms with E-state index in [2.05, 4.69) is 21.2 Å². The normalized spacial score (nSPS) is 26.6. The van der Waals surface area contributed by atoms with E-state index in [1.54, 1.807) is 36.1 Å². The zero-order valence-electron chi connectivity index (χ0n) is 10.6. The second-order valence-electron chi connectivity index (χ2n) is 4.55. The molecule has 3 atom stereocenters. The lowest BCUT2D eigenvalue weighted by molar-refractivity contribution is -0.525. The van der Waals surface area contributed by atoms with E-state index in [1.165, 1.54) is 0 Å². The molecule has 0 aromatic heterocycles. The minimum absolute atomic E-state index is 0.0933. The summed E-state index contributed by atoms with van der Waals surface area (Å²) in [6.45, 7) is 1.88. The molecule has 20 heavy (non-hydrogen) atoms. The molecule has 6 nitrogen and oxygen atoms in total. The highest BCUT2D eigenvalue weighted by Gasteiger charge is 2.44. The van der Waals surface area contributed by atoms with Crippen LogP contribution in [0.2, 0.25) is 5.02 Å². The molecule has 1 aromatic rings. The molecule has 0 spiro atoms. The molecule has 1 aromatic carbocycles. The standard InChI is InChI=1S/C12H13BrClN3O3/c1-7-15-12(17(19)20)11(13)16(7)6-10(18)8-2-4-9(14)5-3-8/h2-5,7,11-12,15H,6H2,1H3/t7-,11+,12-/m0/s1. The van der Waals surface area contributed by atoms with Crippen molar-refractivity contribution >= 4 is 33.3 Å². The van der Waals surface area contributed by atoms with Gasteiger partial charge in [0.15, 0.2) is 10.7 Å². The number of carbonyl (C=O) groups is 1. The van der Waals surface area contributed by atoms with Crippen LogP contribution in [-0.2, 0) is 0 Å². The molecule has 1 aliphatic heterocycles. The van der Waals surface area contributed by atoms with E-state index in [9.17, 15) is 14.9 Å². The fourth-order valence-electron chi connectivity index (χ4n) is 2.10. The van der Waals surface area contributed by atoms with Crippen molar-refractivity contribution in [2.75, 3.05) is 6.54 Å². The van der Waals surface area contributed by atoms with Gasteiger partial charge in [0.25, 0.3) is 6.17 Å². The largest absolute Gasteiger partial charge is 0.293 e. The van der Waals surface area contributed by atoms with Gasteiger partial charge in [-0.25, -0.2) is 5.32 Å². The van der Waals surface area contributed by atoms with E-state index in [0.29, 0.717) is 10.6 Å². The summed E-state index contributed by atoms with van der Waals surface area (Å²) >= 11 is 9.05. The van der Waals surface area contributed by atoms with Gasteiger partial charge in [-0.05, 0) is 31.2 Å². The topological polar surface area (TPSA) is 75.5 Å². The Labute approximate surface area is 129 Å². The predicted octanol–water partition coefficient (Wildman–Crippen LogP) is 2.10. The number of benzene rings is 1. The van der Waals surface area contributed by atoms with Gasteiger partial charge in [0.05, 0.1) is 12.7 Å². The number of nitrogens with zero attached hydrogens (tertiary/aromatic N) is 2. The molecular weight excluding hydrogens is 350 g/mol. The first-order valence-electron chi connectivity index (χ1n) is 5.98. The van der Waals surface area contributed by atoms with Crippen LogP contribution in [0.1, 0.15) is 17.3 Å². The Morgan fingerprint density at radius 2 is 2.10 bits per heavy atom. The van der Waals surface area contributed by atoms with Crippen molar-refractivity contribution in [3.05, 3.63) is 45.0 Å². The molecule has 0 unspecified atom stereocenters. The SMILES string of the molecule is C[C@H]1N[C@@H]([N+](=O)[O-])[C@H](Br)N1CC(=O)c1ccc(Cl)cc1. The molecule has 108 valence electrons. The van der Waals surface area contributed by atoms with Crippen LogP contribution < -0.4 is 5.32 Å². The van der Waals surface area contributed by atoms with Crippen LogP contribution in [0.4, 0.5) is 0 Å². The van der Waals surface area contributed by atoms with Crippen LogP contribution in [0, 0.1) is 10.1 Å². The first-order chi connectivity index (χ1) is 9.40. The molecule has 1 saturated heterocycles. The van der Waals surface area contributed by atoms with Gasteiger partial charge in [0.2, 0.25) is 0 Å². The first-order valence-corrected chi connectivity index (χ1v) is 7.27. The zero-order chi connectivity index (χ0) is 14.9. The summed E-state index contributed by atoms with van der Waals surface area (Å²) in [7, 11) is 0. The number of hydrogen-bond acceptors (Lipinski definition) is 5. The van der Waals surface area contributed by atoms with Crippen molar-refractivity contribution in [1.29, 1.82) is 0 Å². The maximum absolute atomic E-state index is 12.2. The van der Waals surface area contributed by atoms with E-state index in [4.69, 9.17) is 11.6 Å². The molecule has 1 fully saturated rings. The number of rotatable bonds is 4. The quantitative estimate of drug-likeness (QED) is 0.292. The first kappa shape index (κ1) is 15.4. The lowest BCUT2D eigenvalue weighted by Crippen LogP contribution is -2.39. The smallest absolute Gasteiger partial charge is 0.292 e. The minimum atomic E-state index is -0.928. The van der Waals surface area contributed by atoms with Gasteiger partial charge in [-0.1, -0.05) is 27.5 Å². The van der Waals surface area contributed by atoms with Gasteiger partial charge in [-0.3, -0.25) is 19.8 Å². The number of hydrogen-bond donors (Lipinski definition) is 1. The molecule has 1 aliphatic rings. The van der Waals surface area contributed by atoms with E-state index < -0.39 is 16.0 Å². The fraction of sp³-hybridized carbons (Fsp3) is 0.417. The van der Waals surface area contributed by atoms with Gasteiger partial charge in [-0.15, -0.1) is 0 Å². The molecule has 0 saturated carbocycles. The summed E-state index contributed by atoms with van der Waals surface area (Å²) < 4.78 is 0. The second-order valence-corrected chi connectivity index (χ2v) is 5.92. The third kappa shape index (κ3) is 3.17. The van der Waals surface area contributed by atoms with Crippen molar-refractivity contribution in [3.8, 4) is 0 Å². The number of nitrogens with one attached hydrogen (secondary N) is 1. The summed E-state index contributed by atoms with van der Waals surface area (Å²) in [6, 6.07) is 6.58. The number of alkyl halides is 1. The average molecular weight is 363 g/mol. The lowest BCUT2D eigenvalue weighted by atomic mass is 10.1. The summed E-state index contributed by atoms with van der Waals surface area (Å²) in [6.07, 6.45) is -1.19. The lowest BCUT2D eigenvalue weighted by Gasteiger charge is -2.21. The molecular formula is C12H13BrClN3O3. The number of halogens is 2. The fourth-order valence-corrected chi connectivity index (χ4v) is 3.07. The molecule has 1 N–H and O–H groups in total. The molecule has 0 bridgehead atoms. The van der Waals surface area contributed by atoms with Gasteiger partial charge in [0, 0.05) is 15.5 Å². The van der Waals surface area contributed by atoms with E-state index >= 15 is 0 Å². The Morgan fingerprint density at radius 3 is 2.60 bits per heavy atom. The Morgan fingerprint density at radius 1 is 1.50 bits per heavy atom. The van der Waals surface area contributed by atoms with Crippen molar-refractivity contribution in [3.63, 3.8) is 0 Å². The number of carbonyl (C=O) groups excluding carboxylic acids is 1. The molecule has 1 heterocycles. The van der Waals surface area contributed by atoms with Crippen molar-refractivity contribution in [2.24, 2.45) is 0 Å². The van der Waals surface area contributed by atoms with Crippen LogP contribution in [0.5, 0.6) is 0 Å². The van der Waals surface area contributed by atoms with Crippen LogP contribution >= 0.6 is 27.5 Å². The van der Waals surface area contributed by atoms with Gasteiger partial charge >= 0.3 is 0 Å². The second kappa shape index (κ2) is 6.17. The molecule has 8 heteroatoms. The Hall–Kier alpha value is -1.02. The van der Waals surface area contributed by atoms with Crippen LogP contribution in [-0.4, -0.2) is 39.4 Å². The molecule has 2 rings (SSSR count). The van der Waals surface area contributed by atoms with Crippen LogP contribution in [0.3, 0.4) is 0 Å². The minimum Gasteiger partial charge on any atom is -0.293 e. The molecule has 0 radical (unpaired) electrons. The number of nitro groups is 1. The highest BCUT2D eigenvalue weighted by atomic mass is 79.9. The highest BCUT2D eigenvalue weighted by Crippen LogP contribution is 2.23. The molecule has 0 aliphatic carbocycles. The third-order valence-electron chi connectivity index (χ3n) is 3.21. The number of ketones is 1. The van der Waals surface area contributed by atoms with Gasteiger partial charge < -0.3 is 0 Å². The Bertz CT molecular complexity index is 525. The van der Waals surface area contributed by atoms with Crippen LogP contribution in [0.25, 0.3) is 0 Å². The predicted molar refractivity (Wildman–Crippen MR) is 78.6 cm³/mol. The average Bonchev–Trinajstić information content (AvgIpc) is 2.67. The van der Waals surface area contributed by atoms with Gasteiger partial charge in [0.1, 0.15) is 0 Å². The van der Waals surface area contributed by atoms with E-state index in [-0.39, 0.29) is 18.5 Å². The maximum Gasteiger partial charge on any atom is 0.292 e. The summed E-state index contributed by atoms with van der Waals surface area (Å²) in [5.74, 6) is -0.108. The summed E-state index contributed by atoms with van der Waals surface area (Å²) in [4.78, 5) is 23.8. The maximum atomic E-state index is 12.2. The van der Waals surface area contributed by atoms with Crippen molar-refractivity contribution in [2.45, 2.75) is 24.2 Å². The van der Waals surface area contributed by atoms with Crippen molar-refractivity contribution < 1.29 is 9.72 Å². The van der Waals surface area contributed by atoms with E-state index in [1.807, 2.05) is 0 Å². The summed E-state index contributed by atoms with van der Waals surface area (Å²) in [5, 5.41) is 14.3.